The molecule has 0 atom stereocenters. The summed E-state index contributed by atoms with van der Waals surface area (Å²) in [5, 5.41) is 14.4. The van der Waals surface area contributed by atoms with Crippen LogP contribution in [0, 0.1) is 0 Å². The van der Waals surface area contributed by atoms with Crippen molar-refractivity contribution in [2.24, 2.45) is 4.99 Å². The second-order valence-electron chi connectivity index (χ2n) is 8.37. The molecule has 0 fully saturated rings. The molecular formula is C25H35N7O4. The van der Waals surface area contributed by atoms with E-state index in [1.807, 2.05) is 7.05 Å². The van der Waals surface area contributed by atoms with Crippen molar-refractivity contribution in [3.05, 3.63) is 30.1 Å². The lowest BCUT2D eigenvalue weighted by molar-refractivity contribution is -0.129. The van der Waals surface area contributed by atoms with Gasteiger partial charge in [-0.3, -0.25) is 9.79 Å². The Hall–Kier alpha value is -3.86. The van der Waals surface area contributed by atoms with E-state index in [1.165, 1.54) is 6.33 Å². The van der Waals surface area contributed by atoms with Crippen molar-refractivity contribution in [1.29, 1.82) is 0 Å². The third kappa shape index (κ3) is 6.63. The van der Waals surface area contributed by atoms with Crippen LogP contribution >= 0.6 is 0 Å². The first-order chi connectivity index (χ1) is 17.4. The summed E-state index contributed by atoms with van der Waals surface area (Å²) in [6.07, 6.45) is 4.31. The van der Waals surface area contributed by atoms with Gasteiger partial charge in [-0.2, -0.15) is 0 Å². The van der Waals surface area contributed by atoms with Crippen LogP contribution in [0.5, 0.6) is 17.4 Å². The summed E-state index contributed by atoms with van der Waals surface area (Å²) in [4.78, 5) is 32.2. The van der Waals surface area contributed by atoms with Gasteiger partial charge in [0, 0.05) is 38.8 Å². The highest BCUT2D eigenvalue weighted by Crippen LogP contribution is 2.32. The number of aromatic amines is 1. The number of amides is 1. The molecule has 11 nitrogen and oxygen atoms in total. The van der Waals surface area contributed by atoms with Crippen molar-refractivity contribution in [3.63, 3.8) is 0 Å². The number of nitrogens with zero attached hydrogens (tertiary/aromatic N) is 5. The molecule has 0 aliphatic carbocycles. The summed E-state index contributed by atoms with van der Waals surface area (Å²) in [5.41, 5.74) is 1.55. The molecule has 3 N–H and O–H groups in total. The number of aliphatic imine (C=N–C) groups is 1. The van der Waals surface area contributed by atoms with Gasteiger partial charge in [0.25, 0.3) is 0 Å². The first kappa shape index (κ1) is 26.7. The fraction of sp³-hybridized carbons (Fsp3) is 0.440. The van der Waals surface area contributed by atoms with Gasteiger partial charge in [0.15, 0.2) is 17.4 Å². The Morgan fingerprint density at radius 1 is 1.19 bits per heavy atom. The molecular weight excluding hydrogens is 462 g/mol. The van der Waals surface area contributed by atoms with Gasteiger partial charge >= 0.3 is 0 Å². The summed E-state index contributed by atoms with van der Waals surface area (Å²) in [6.45, 7) is 4.97. The number of fused-ring (bicyclic) bond motifs is 1. The molecule has 2 heterocycles. The van der Waals surface area contributed by atoms with Gasteiger partial charge in [-0.25, -0.2) is 9.97 Å². The average molecular weight is 498 g/mol. The highest BCUT2D eigenvalue weighted by molar-refractivity contribution is 6.06. The van der Waals surface area contributed by atoms with Crippen molar-refractivity contribution in [2.75, 3.05) is 59.8 Å². The van der Waals surface area contributed by atoms with Gasteiger partial charge in [0.1, 0.15) is 17.8 Å². The highest BCUT2D eigenvalue weighted by Gasteiger charge is 2.16. The largest absolute Gasteiger partial charge is 0.494 e. The number of H-pyrrole nitrogens is 1. The van der Waals surface area contributed by atoms with Gasteiger partial charge in [0.2, 0.25) is 5.91 Å². The minimum atomic E-state index is -0.0675. The number of hydrogen-bond acceptors (Lipinski definition) is 9. The lowest BCUT2D eigenvalue weighted by atomic mass is 10.2. The molecule has 0 aliphatic rings. The molecule has 1 amide bonds. The van der Waals surface area contributed by atoms with E-state index in [-0.39, 0.29) is 11.8 Å². The Morgan fingerprint density at radius 3 is 2.69 bits per heavy atom. The minimum absolute atomic E-state index is 0.0675. The van der Waals surface area contributed by atoms with E-state index in [0.717, 1.165) is 19.5 Å². The number of ether oxygens (including phenoxy) is 2. The highest BCUT2D eigenvalue weighted by atomic mass is 16.5. The van der Waals surface area contributed by atoms with Gasteiger partial charge in [-0.15, -0.1) is 0 Å². The first-order valence-corrected chi connectivity index (χ1v) is 11.9. The Bertz CT molecular complexity index is 1190. The zero-order valence-corrected chi connectivity index (χ0v) is 21.5. The van der Waals surface area contributed by atoms with Gasteiger partial charge < -0.3 is 34.7 Å². The van der Waals surface area contributed by atoms with Crippen molar-refractivity contribution in [1.82, 2.24) is 24.8 Å². The summed E-state index contributed by atoms with van der Waals surface area (Å²) in [5.74, 6) is 1.73. The van der Waals surface area contributed by atoms with Crippen LogP contribution in [0.2, 0.25) is 0 Å². The normalized spacial score (nSPS) is 11.4. The number of methoxy groups -OCH3 is 2. The summed E-state index contributed by atoms with van der Waals surface area (Å²) in [7, 11) is 6.97. The standard InChI is InChI=1S/C25H35N7O4/c1-6-31(2)12-7-8-21(33)32(3)13-11-26-23-22-18(25(34)30-24(22)29-16-28-23)15-27-17-9-10-19(35-4)20(14-17)36-5/h9-10,14-16,34H,6-8,11-13H2,1-5H3,(H2,26,28,29,30). The monoisotopic (exact) mass is 497 g/mol. The lowest BCUT2D eigenvalue weighted by Gasteiger charge is -2.19. The number of carbonyl (C=O) groups excluding carboxylic acids is 1. The van der Waals surface area contributed by atoms with E-state index >= 15 is 0 Å². The third-order valence-electron chi connectivity index (χ3n) is 5.95. The molecule has 0 aliphatic heterocycles. The molecule has 0 radical (unpaired) electrons. The van der Waals surface area contributed by atoms with Crippen LogP contribution in [0.25, 0.3) is 11.0 Å². The molecule has 0 bridgehead atoms. The van der Waals surface area contributed by atoms with Crippen LogP contribution in [0.3, 0.4) is 0 Å². The van der Waals surface area contributed by atoms with E-state index in [2.05, 4.69) is 37.1 Å². The topological polar surface area (TPSA) is 128 Å². The number of anilines is 1. The van der Waals surface area contributed by atoms with Crippen molar-refractivity contribution < 1.29 is 19.4 Å². The Morgan fingerprint density at radius 2 is 1.97 bits per heavy atom. The van der Waals surface area contributed by atoms with E-state index < -0.39 is 0 Å². The summed E-state index contributed by atoms with van der Waals surface area (Å²) in [6, 6.07) is 5.28. The number of aromatic nitrogens is 3. The summed E-state index contributed by atoms with van der Waals surface area (Å²) < 4.78 is 10.6. The predicted molar refractivity (Wildman–Crippen MR) is 141 cm³/mol. The number of likely N-dealkylation sites (N-methyl/N-ethyl adjacent to an activating group) is 1. The van der Waals surface area contributed by atoms with Gasteiger partial charge in [0.05, 0.1) is 30.9 Å². The minimum Gasteiger partial charge on any atom is -0.494 e. The Labute approximate surface area is 211 Å². The second-order valence-corrected chi connectivity index (χ2v) is 8.37. The van der Waals surface area contributed by atoms with Crippen molar-refractivity contribution in [3.8, 4) is 17.4 Å². The van der Waals surface area contributed by atoms with Crippen LogP contribution < -0.4 is 14.8 Å². The molecule has 3 aromatic rings. The average Bonchev–Trinajstić information content (AvgIpc) is 3.22. The number of hydrogen-bond donors (Lipinski definition) is 3. The fourth-order valence-corrected chi connectivity index (χ4v) is 3.65. The van der Waals surface area contributed by atoms with Crippen LogP contribution in [0.1, 0.15) is 25.3 Å². The molecule has 0 spiro atoms. The quantitative estimate of drug-likeness (QED) is 0.308. The van der Waals surface area contributed by atoms with E-state index in [1.54, 1.807) is 50.6 Å². The smallest absolute Gasteiger partial charge is 0.222 e. The Balaban J connectivity index is 1.69. The van der Waals surface area contributed by atoms with Crippen LogP contribution in [-0.4, -0.2) is 96.5 Å². The van der Waals surface area contributed by atoms with Crippen LogP contribution in [0.4, 0.5) is 11.5 Å². The maximum Gasteiger partial charge on any atom is 0.222 e. The van der Waals surface area contributed by atoms with E-state index in [0.29, 0.717) is 59.1 Å². The molecule has 0 unspecified atom stereocenters. The molecule has 194 valence electrons. The zero-order chi connectivity index (χ0) is 26.1. The molecule has 36 heavy (non-hydrogen) atoms. The summed E-state index contributed by atoms with van der Waals surface area (Å²) >= 11 is 0. The number of aromatic hydroxyl groups is 1. The van der Waals surface area contributed by atoms with Crippen LogP contribution in [0.15, 0.2) is 29.5 Å². The third-order valence-corrected chi connectivity index (χ3v) is 5.95. The van der Waals surface area contributed by atoms with Crippen LogP contribution in [-0.2, 0) is 4.79 Å². The predicted octanol–water partition coefficient (Wildman–Crippen LogP) is 3.03. The molecule has 3 rings (SSSR count). The SMILES string of the molecule is CCN(C)CCCC(=O)N(C)CCNc1ncnc2[nH]c(O)c(C=Nc3ccc(OC)c(OC)c3)c12. The number of carbonyl (C=O) groups is 1. The van der Waals surface area contributed by atoms with Crippen molar-refractivity contribution >= 4 is 34.7 Å². The van der Waals surface area contributed by atoms with E-state index in [4.69, 9.17) is 9.47 Å². The van der Waals surface area contributed by atoms with E-state index in [9.17, 15) is 9.90 Å². The molecule has 11 heteroatoms. The maximum absolute atomic E-state index is 12.4. The fourth-order valence-electron chi connectivity index (χ4n) is 3.65. The maximum atomic E-state index is 12.4. The van der Waals surface area contributed by atoms with Gasteiger partial charge in [-0.05, 0) is 38.7 Å². The molecule has 2 aromatic heterocycles. The molecule has 1 aromatic carbocycles. The van der Waals surface area contributed by atoms with Crippen molar-refractivity contribution in [2.45, 2.75) is 19.8 Å². The number of nitrogens with one attached hydrogen (secondary N) is 2. The Kier molecular flexibility index (Phi) is 9.46. The second kappa shape index (κ2) is 12.7. The lowest BCUT2D eigenvalue weighted by Crippen LogP contribution is -2.32. The number of rotatable bonds is 13. The first-order valence-electron chi connectivity index (χ1n) is 11.9. The molecule has 0 saturated heterocycles. The molecule has 0 saturated carbocycles. The number of benzene rings is 1. The zero-order valence-electron chi connectivity index (χ0n) is 21.5. The van der Waals surface area contributed by atoms with Gasteiger partial charge in [-0.1, -0.05) is 6.92 Å².